The van der Waals surface area contributed by atoms with Crippen molar-refractivity contribution < 1.29 is 18.7 Å². The van der Waals surface area contributed by atoms with Gasteiger partial charge in [-0.25, -0.2) is 4.39 Å². The molecule has 3 aromatic rings. The van der Waals surface area contributed by atoms with Gasteiger partial charge in [-0.15, -0.1) is 0 Å². The van der Waals surface area contributed by atoms with Crippen molar-refractivity contribution in [3.05, 3.63) is 82.7 Å². The van der Waals surface area contributed by atoms with Crippen LogP contribution >= 0.6 is 0 Å². The van der Waals surface area contributed by atoms with Gasteiger partial charge in [0.1, 0.15) is 18.5 Å². The number of Topliss-reactive ketones (excluding diaryl/α,β-unsaturated/α-hetero) is 2. The second kappa shape index (κ2) is 7.99. The molecular weight excluding hydrogens is 371 g/mol. The molecule has 2 atom stereocenters. The van der Waals surface area contributed by atoms with Gasteiger partial charge in [0.05, 0.1) is 17.7 Å². The summed E-state index contributed by atoms with van der Waals surface area (Å²) in [6.07, 6.45) is 2.97. The highest BCUT2D eigenvalue weighted by Crippen LogP contribution is 2.45. The summed E-state index contributed by atoms with van der Waals surface area (Å²) in [5.74, 6) is -0.241. The molecular formula is C23H21FN2O3. The molecule has 0 fully saturated rings. The van der Waals surface area contributed by atoms with Gasteiger partial charge >= 0.3 is 0 Å². The summed E-state index contributed by atoms with van der Waals surface area (Å²) >= 11 is 0. The number of nitrogens with zero attached hydrogens (tertiary/aromatic N) is 1. The SMILES string of the molecule is CCC(=O)c1cc(C(=O)Cc2cn[nH]c2)cc2c1O[C@@H](CF)[C@@H]2c1ccccc1. The number of aromatic nitrogens is 2. The lowest BCUT2D eigenvalue weighted by Crippen LogP contribution is -2.22. The Morgan fingerprint density at radius 2 is 1.97 bits per heavy atom. The lowest BCUT2D eigenvalue weighted by molar-refractivity contribution is 0.0980. The van der Waals surface area contributed by atoms with Gasteiger partial charge in [-0.2, -0.15) is 5.10 Å². The third-order valence-electron chi connectivity index (χ3n) is 5.27. The lowest BCUT2D eigenvalue weighted by Gasteiger charge is -2.16. The maximum absolute atomic E-state index is 13.8. The van der Waals surface area contributed by atoms with E-state index in [1.165, 1.54) is 0 Å². The number of halogens is 1. The smallest absolute Gasteiger partial charge is 0.167 e. The molecule has 0 bridgehead atoms. The van der Waals surface area contributed by atoms with Crippen molar-refractivity contribution in [2.45, 2.75) is 31.8 Å². The van der Waals surface area contributed by atoms with E-state index in [1.54, 1.807) is 31.5 Å². The summed E-state index contributed by atoms with van der Waals surface area (Å²) in [4.78, 5) is 25.5. The van der Waals surface area contributed by atoms with Crippen LogP contribution in [-0.2, 0) is 6.42 Å². The number of hydrogen-bond donors (Lipinski definition) is 1. The molecule has 0 spiro atoms. The van der Waals surface area contributed by atoms with Crippen molar-refractivity contribution in [3.63, 3.8) is 0 Å². The van der Waals surface area contributed by atoms with Crippen LogP contribution in [0.4, 0.5) is 4.39 Å². The van der Waals surface area contributed by atoms with E-state index in [9.17, 15) is 14.0 Å². The molecule has 0 aliphatic carbocycles. The fraction of sp³-hybridized carbons (Fsp3) is 0.261. The van der Waals surface area contributed by atoms with E-state index in [0.29, 0.717) is 22.4 Å². The van der Waals surface area contributed by atoms with Crippen LogP contribution < -0.4 is 4.74 Å². The standard InChI is InChI=1S/C23H21FN2O3/c1-2-19(27)17-9-16(20(28)8-14-12-25-26-13-14)10-18-22(15-6-4-3-5-7-15)21(11-24)29-23(17)18/h3-7,9-10,12-13,21-22H,2,8,11H2,1H3,(H,25,26)/t21-,22+/m0/s1. The summed E-state index contributed by atoms with van der Waals surface area (Å²) in [5.41, 5.74) is 3.11. The third kappa shape index (κ3) is 3.58. The van der Waals surface area contributed by atoms with Crippen molar-refractivity contribution in [2.75, 3.05) is 6.67 Å². The van der Waals surface area contributed by atoms with E-state index in [4.69, 9.17) is 4.74 Å². The second-order valence-corrected chi connectivity index (χ2v) is 7.12. The van der Waals surface area contributed by atoms with Gasteiger partial charge in [0.15, 0.2) is 11.6 Å². The van der Waals surface area contributed by atoms with Crippen molar-refractivity contribution in [1.82, 2.24) is 10.2 Å². The number of fused-ring (bicyclic) bond motifs is 1. The molecule has 0 saturated heterocycles. The molecule has 1 aliphatic rings. The quantitative estimate of drug-likeness (QED) is 0.609. The monoisotopic (exact) mass is 392 g/mol. The number of nitrogens with one attached hydrogen (secondary N) is 1. The Kier molecular flexibility index (Phi) is 5.25. The molecule has 5 nitrogen and oxygen atoms in total. The summed E-state index contributed by atoms with van der Waals surface area (Å²) < 4.78 is 19.7. The van der Waals surface area contributed by atoms with Gasteiger partial charge in [-0.3, -0.25) is 14.7 Å². The molecule has 29 heavy (non-hydrogen) atoms. The number of carbonyl (C=O) groups is 2. The lowest BCUT2D eigenvalue weighted by atomic mass is 9.85. The van der Waals surface area contributed by atoms with Crippen LogP contribution in [0.15, 0.2) is 54.9 Å². The minimum Gasteiger partial charge on any atom is -0.486 e. The zero-order valence-electron chi connectivity index (χ0n) is 16.0. The highest BCUT2D eigenvalue weighted by molar-refractivity contribution is 6.04. The second-order valence-electron chi connectivity index (χ2n) is 7.12. The zero-order chi connectivity index (χ0) is 20.4. The fourth-order valence-electron chi connectivity index (χ4n) is 3.83. The molecule has 2 heterocycles. The first-order chi connectivity index (χ1) is 14.1. The number of ether oxygens (including phenoxy) is 1. The molecule has 0 unspecified atom stereocenters. The van der Waals surface area contributed by atoms with Gasteiger partial charge in [0.25, 0.3) is 0 Å². The van der Waals surface area contributed by atoms with Crippen LogP contribution in [0.1, 0.15) is 56.7 Å². The average Bonchev–Trinajstić information content (AvgIpc) is 3.40. The maximum atomic E-state index is 13.8. The van der Waals surface area contributed by atoms with Crippen LogP contribution in [0.5, 0.6) is 5.75 Å². The number of H-pyrrole nitrogens is 1. The number of carbonyl (C=O) groups excluding carboxylic acids is 2. The largest absolute Gasteiger partial charge is 0.486 e. The van der Waals surface area contributed by atoms with E-state index < -0.39 is 12.8 Å². The highest BCUT2D eigenvalue weighted by atomic mass is 19.1. The summed E-state index contributed by atoms with van der Waals surface area (Å²) in [6, 6.07) is 12.8. The summed E-state index contributed by atoms with van der Waals surface area (Å²) in [5, 5.41) is 6.56. The van der Waals surface area contributed by atoms with E-state index >= 15 is 0 Å². The molecule has 4 rings (SSSR count). The Bertz CT molecular complexity index is 1030. The van der Waals surface area contributed by atoms with Crippen LogP contribution in [-0.4, -0.2) is 34.5 Å². The molecule has 1 N–H and O–H groups in total. The fourth-order valence-corrected chi connectivity index (χ4v) is 3.83. The van der Waals surface area contributed by atoms with Crippen molar-refractivity contribution in [2.24, 2.45) is 0 Å². The van der Waals surface area contributed by atoms with Crippen molar-refractivity contribution >= 4 is 11.6 Å². The molecule has 0 radical (unpaired) electrons. The predicted molar refractivity (Wildman–Crippen MR) is 106 cm³/mol. The van der Waals surface area contributed by atoms with E-state index in [2.05, 4.69) is 10.2 Å². The number of hydrogen-bond acceptors (Lipinski definition) is 4. The van der Waals surface area contributed by atoms with Crippen molar-refractivity contribution in [1.29, 1.82) is 0 Å². The average molecular weight is 392 g/mol. The molecule has 1 aliphatic heterocycles. The van der Waals surface area contributed by atoms with Crippen LogP contribution in [0.3, 0.4) is 0 Å². The molecule has 148 valence electrons. The number of alkyl halides is 1. The Hall–Kier alpha value is -3.28. The Balaban J connectivity index is 1.82. The van der Waals surface area contributed by atoms with Crippen molar-refractivity contribution in [3.8, 4) is 5.75 Å². The third-order valence-corrected chi connectivity index (χ3v) is 5.27. The normalized spacial score (nSPS) is 17.6. The van der Waals surface area contributed by atoms with Gasteiger partial charge in [-0.1, -0.05) is 37.3 Å². The predicted octanol–water partition coefficient (Wildman–Crippen LogP) is 4.29. The minimum atomic E-state index is -0.727. The van der Waals surface area contributed by atoms with Crippen LogP contribution in [0, 0.1) is 0 Å². The van der Waals surface area contributed by atoms with Gasteiger partial charge < -0.3 is 4.74 Å². The Morgan fingerprint density at radius 3 is 2.62 bits per heavy atom. The topological polar surface area (TPSA) is 72.0 Å². The number of aromatic amines is 1. The molecule has 0 amide bonds. The Labute approximate surface area is 167 Å². The van der Waals surface area contributed by atoms with E-state index in [-0.39, 0.29) is 30.3 Å². The Morgan fingerprint density at radius 1 is 1.17 bits per heavy atom. The van der Waals surface area contributed by atoms with E-state index in [1.807, 2.05) is 30.3 Å². The minimum absolute atomic E-state index is 0.130. The zero-order valence-corrected chi connectivity index (χ0v) is 16.0. The summed E-state index contributed by atoms with van der Waals surface area (Å²) in [7, 11) is 0. The first-order valence-electron chi connectivity index (χ1n) is 9.62. The van der Waals surface area contributed by atoms with Crippen LogP contribution in [0.25, 0.3) is 0 Å². The van der Waals surface area contributed by atoms with E-state index in [0.717, 1.165) is 11.1 Å². The highest BCUT2D eigenvalue weighted by Gasteiger charge is 2.38. The molecule has 2 aromatic carbocycles. The number of benzene rings is 2. The molecule has 0 saturated carbocycles. The van der Waals surface area contributed by atoms with Gasteiger partial charge in [0.2, 0.25) is 0 Å². The summed E-state index contributed by atoms with van der Waals surface area (Å²) in [6.45, 7) is 1.07. The molecule has 1 aromatic heterocycles. The van der Waals surface area contributed by atoms with Crippen LogP contribution in [0.2, 0.25) is 0 Å². The maximum Gasteiger partial charge on any atom is 0.167 e. The first-order valence-corrected chi connectivity index (χ1v) is 9.62. The van der Waals surface area contributed by atoms with Gasteiger partial charge in [-0.05, 0) is 23.3 Å². The number of ketones is 2. The molecule has 6 heteroatoms. The van der Waals surface area contributed by atoms with Gasteiger partial charge in [0, 0.05) is 30.2 Å². The number of rotatable bonds is 7. The first kappa shape index (κ1) is 19.1.